The van der Waals surface area contributed by atoms with Crippen molar-refractivity contribution in [3.8, 4) is 34.2 Å². The monoisotopic (exact) mass is 526 g/mol. The van der Waals surface area contributed by atoms with Crippen LogP contribution >= 0.6 is 0 Å². The van der Waals surface area contributed by atoms with Crippen molar-refractivity contribution in [2.75, 3.05) is 4.90 Å². The summed E-state index contributed by atoms with van der Waals surface area (Å²) in [7, 11) is 0. The van der Waals surface area contributed by atoms with Gasteiger partial charge in [-0.15, -0.1) is 0 Å². The first-order valence-electron chi connectivity index (χ1n) is 13.6. The molecule has 0 atom stereocenters. The van der Waals surface area contributed by atoms with E-state index in [1.807, 2.05) is 66.7 Å². The Morgan fingerprint density at radius 1 is 0.317 bits per heavy atom. The summed E-state index contributed by atoms with van der Waals surface area (Å²) in [5.74, 6) is 1.95. The highest BCUT2D eigenvalue weighted by Crippen LogP contribution is 2.37. The van der Waals surface area contributed by atoms with E-state index in [-0.39, 0.29) is 0 Å². The molecular formula is C37H26N4. The van der Waals surface area contributed by atoms with Gasteiger partial charge in [0.25, 0.3) is 0 Å². The summed E-state index contributed by atoms with van der Waals surface area (Å²) in [6.45, 7) is 0. The van der Waals surface area contributed by atoms with Crippen molar-refractivity contribution in [1.82, 2.24) is 15.0 Å². The number of benzene rings is 6. The van der Waals surface area contributed by atoms with Gasteiger partial charge in [0.1, 0.15) is 0 Å². The molecule has 0 unspecified atom stereocenters. The molecule has 0 fully saturated rings. The molecule has 0 spiro atoms. The van der Waals surface area contributed by atoms with Crippen LogP contribution in [0.3, 0.4) is 0 Å². The van der Waals surface area contributed by atoms with Crippen molar-refractivity contribution in [3.63, 3.8) is 0 Å². The lowest BCUT2D eigenvalue weighted by atomic mass is 10.1. The fraction of sp³-hybridized carbons (Fsp3) is 0. The van der Waals surface area contributed by atoms with Crippen LogP contribution in [0.15, 0.2) is 158 Å². The molecule has 7 rings (SSSR count). The van der Waals surface area contributed by atoms with E-state index in [1.165, 1.54) is 10.8 Å². The lowest BCUT2D eigenvalue weighted by Crippen LogP contribution is -2.09. The molecule has 0 saturated carbocycles. The molecule has 0 aliphatic rings. The van der Waals surface area contributed by atoms with Gasteiger partial charge in [-0.1, -0.05) is 109 Å². The molecule has 41 heavy (non-hydrogen) atoms. The van der Waals surface area contributed by atoms with Gasteiger partial charge in [-0.2, -0.15) is 0 Å². The SMILES string of the molecule is c1ccc(-c2nc(-c3ccccc3)nc(-c3ccc(N(c4ccccc4)c4ccc5ccccc5c4)cc3)n2)cc1. The average molecular weight is 527 g/mol. The summed E-state index contributed by atoms with van der Waals surface area (Å²) >= 11 is 0. The topological polar surface area (TPSA) is 41.9 Å². The Bertz CT molecular complexity index is 1860. The first-order valence-corrected chi connectivity index (χ1v) is 13.6. The number of hydrogen-bond donors (Lipinski definition) is 0. The van der Waals surface area contributed by atoms with Gasteiger partial charge < -0.3 is 4.90 Å². The van der Waals surface area contributed by atoms with E-state index in [2.05, 4.69) is 95.9 Å². The highest BCUT2D eigenvalue weighted by molar-refractivity contribution is 5.89. The maximum atomic E-state index is 4.89. The Labute approximate surface area is 239 Å². The van der Waals surface area contributed by atoms with Crippen LogP contribution < -0.4 is 4.90 Å². The largest absolute Gasteiger partial charge is 0.310 e. The van der Waals surface area contributed by atoms with Crippen molar-refractivity contribution < 1.29 is 0 Å². The van der Waals surface area contributed by atoms with Crippen LogP contribution in [0, 0.1) is 0 Å². The lowest BCUT2D eigenvalue weighted by molar-refractivity contribution is 1.07. The van der Waals surface area contributed by atoms with E-state index < -0.39 is 0 Å². The molecule has 0 amide bonds. The molecule has 4 nitrogen and oxygen atoms in total. The summed E-state index contributed by atoms with van der Waals surface area (Å²) in [4.78, 5) is 16.9. The van der Waals surface area contributed by atoms with Gasteiger partial charge in [0.2, 0.25) is 0 Å². The summed E-state index contributed by atoms with van der Waals surface area (Å²) in [5.41, 5.74) is 6.08. The number of rotatable bonds is 6. The minimum Gasteiger partial charge on any atom is -0.310 e. The van der Waals surface area contributed by atoms with Crippen LogP contribution in [0.4, 0.5) is 17.1 Å². The van der Waals surface area contributed by atoms with E-state index in [0.717, 1.165) is 33.8 Å². The fourth-order valence-electron chi connectivity index (χ4n) is 5.04. The molecule has 0 bridgehead atoms. The Balaban J connectivity index is 1.32. The Hall–Kier alpha value is -5.61. The molecular weight excluding hydrogens is 500 g/mol. The molecule has 6 aromatic carbocycles. The van der Waals surface area contributed by atoms with E-state index in [9.17, 15) is 0 Å². The van der Waals surface area contributed by atoms with Crippen molar-refractivity contribution in [3.05, 3.63) is 158 Å². The second kappa shape index (κ2) is 10.9. The molecule has 0 aliphatic heterocycles. The number of aromatic nitrogens is 3. The normalized spacial score (nSPS) is 10.9. The zero-order valence-electron chi connectivity index (χ0n) is 22.3. The molecule has 7 aromatic rings. The van der Waals surface area contributed by atoms with Crippen LogP contribution in [0.2, 0.25) is 0 Å². The Morgan fingerprint density at radius 3 is 1.29 bits per heavy atom. The van der Waals surface area contributed by atoms with Gasteiger partial charge in [0.05, 0.1) is 0 Å². The predicted molar refractivity (Wildman–Crippen MR) is 168 cm³/mol. The van der Waals surface area contributed by atoms with Crippen LogP contribution in [-0.4, -0.2) is 15.0 Å². The third kappa shape index (κ3) is 5.07. The van der Waals surface area contributed by atoms with Crippen LogP contribution in [-0.2, 0) is 0 Å². The van der Waals surface area contributed by atoms with Gasteiger partial charge in [-0.3, -0.25) is 0 Å². The first-order chi connectivity index (χ1) is 20.3. The summed E-state index contributed by atoms with van der Waals surface area (Å²) < 4.78 is 0. The fourth-order valence-corrected chi connectivity index (χ4v) is 5.04. The number of nitrogens with zero attached hydrogens (tertiary/aromatic N) is 4. The average Bonchev–Trinajstić information content (AvgIpc) is 3.06. The minimum atomic E-state index is 0.640. The number of para-hydroxylation sites is 1. The highest BCUT2D eigenvalue weighted by Gasteiger charge is 2.15. The van der Waals surface area contributed by atoms with Crippen LogP contribution in [0.5, 0.6) is 0 Å². The second-order valence-corrected chi connectivity index (χ2v) is 9.79. The lowest BCUT2D eigenvalue weighted by Gasteiger charge is -2.26. The Kier molecular flexibility index (Phi) is 6.48. The summed E-state index contributed by atoms with van der Waals surface area (Å²) in [6, 6.07) is 54.0. The third-order valence-electron chi connectivity index (χ3n) is 7.09. The van der Waals surface area contributed by atoms with Crippen molar-refractivity contribution in [2.45, 2.75) is 0 Å². The molecule has 0 radical (unpaired) electrons. The molecule has 1 aromatic heterocycles. The van der Waals surface area contributed by atoms with E-state index in [0.29, 0.717) is 17.5 Å². The van der Waals surface area contributed by atoms with Gasteiger partial charge in [0, 0.05) is 33.8 Å². The number of hydrogen-bond acceptors (Lipinski definition) is 4. The third-order valence-corrected chi connectivity index (χ3v) is 7.09. The van der Waals surface area contributed by atoms with Crippen molar-refractivity contribution in [1.29, 1.82) is 0 Å². The smallest absolute Gasteiger partial charge is 0.164 e. The van der Waals surface area contributed by atoms with E-state index >= 15 is 0 Å². The maximum absolute atomic E-state index is 4.89. The van der Waals surface area contributed by atoms with Crippen molar-refractivity contribution >= 4 is 27.8 Å². The maximum Gasteiger partial charge on any atom is 0.164 e. The first kappa shape index (κ1) is 24.4. The molecule has 1 heterocycles. The van der Waals surface area contributed by atoms with Gasteiger partial charge in [0.15, 0.2) is 17.5 Å². The zero-order valence-corrected chi connectivity index (χ0v) is 22.3. The van der Waals surface area contributed by atoms with Gasteiger partial charge in [-0.25, -0.2) is 15.0 Å². The highest BCUT2D eigenvalue weighted by atomic mass is 15.1. The summed E-state index contributed by atoms with van der Waals surface area (Å²) in [6.07, 6.45) is 0. The molecule has 0 aliphatic carbocycles. The number of anilines is 3. The zero-order chi connectivity index (χ0) is 27.4. The molecule has 0 saturated heterocycles. The molecule has 0 N–H and O–H groups in total. The molecule has 194 valence electrons. The Morgan fingerprint density at radius 2 is 0.732 bits per heavy atom. The van der Waals surface area contributed by atoms with Gasteiger partial charge >= 0.3 is 0 Å². The summed E-state index contributed by atoms with van der Waals surface area (Å²) in [5, 5.41) is 2.42. The second-order valence-electron chi connectivity index (χ2n) is 9.79. The van der Waals surface area contributed by atoms with E-state index in [1.54, 1.807) is 0 Å². The van der Waals surface area contributed by atoms with Crippen LogP contribution in [0.25, 0.3) is 44.9 Å². The van der Waals surface area contributed by atoms with E-state index in [4.69, 9.17) is 15.0 Å². The van der Waals surface area contributed by atoms with Gasteiger partial charge in [-0.05, 0) is 59.3 Å². The van der Waals surface area contributed by atoms with Crippen molar-refractivity contribution in [2.24, 2.45) is 0 Å². The van der Waals surface area contributed by atoms with Crippen LogP contribution in [0.1, 0.15) is 0 Å². The minimum absolute atomic E-state index is 0.640. The predicted octanol–water partition coefficient (Wildman–Crippen LogP) is 9.50. The standard InChI is InChI=1S/C37H26N4/c1-4-13-28(14-5-1)35-38-36(29-15-6-2-7-16-29)40-37(39-35)30-21-23-33(24-22-30)41(32-18-8-3-9-19-32)34-25-20-27-12-10-11-17-31(27)26-34/h1-26H. The number of fused-ring (bicyclic) bond motifs is 1. The molecule has 4 heteroatoms. The quantitative estimate of drug-likeness (QED) is 0.216.